The second-order valence-electron chi connectivity index (χ2n) is 5.37. The summed E-state index contributed by atoms with van der Waals surface area (Å²) in [4.78, 5) is 25.4. The maximum atomic E-state index is 12.6. The molecule has 1 aromatic rings. The molecule has 0 saturated carbocycles. The number of nitrogens with zero attached hydrogens (tertiary/aromatic N) is 1. The predicted octanol–water partition coefficient (Wildman–Crippen LogP) is 2.87. The third-order valence-corrected chi connectivity index (χ3v) is 3.70. The van der Waals surface area contributed by atoms with Crippen LogP contribution in [0.15, 0.2) is 24.3 Å². The van der Waals surface area contributed by atoms with Crippen LogP contribution in [0.2, 0.25) is 0 Å². The second kappa shape index (κ2) is 9.41. The van der Waals surface area contributed by atoms with Crippen molar-refractivity contribution in [1.29, 1.82) is 0 Å². The number of aliphatic hydroxyl groups excluding tert-OH is 1. The summed E-state index contributed by atoms with van der Waals surface area (Å²) in [5, 5.41) is 9.45. The number of carbonyl (C=O) groups is 2. The SMILES string of the molecule is CCOC(=O)CCN(C(=O)c1ccc(C(F)(F)F)cc1)C(CC)CO. The maximum absolute atomic E-state index is 12.6. The second-order valence-corrected chi connectivity index (χ2v) is 5.37. The Hall–Kier alpha value is -2.09. The number of alkyl halides is 3. The molecule has 0 aliphatic heterocycles. The van der Waals surface area contributed by atoms with Crippen molar-refractivity contribution in [2.24, 2.45) is 0 Å². The van der Waals surface area contributed by atoms with Gasteiger partial charge in [-0.05, 0) is 37.6 Å². The summed E-state index contributed by atoms with van der Waals surface area (Å²) in [6, 6.07) is 3.30. The van der Waals surface area contributed by atoms with Crippen molar-refractivity contribution in [3.05, 3.63) is 35.4 Å². The van der Waals surface area contributed by atoms with Gasteiger partial charge in [0.15, 0.2) is 0 Å². The Kier molecular flexibility index (Phi) is 7.89. The molecule has 140 valence electrons. The van der Waals surface area contributed by atoms with Crippen LogP contribution in [0.3, 0.4) is 0 Å². The van der Waals surface area contributed by atoms with Gasteiger partial charge in [-0.3, -0.25) is 9.59 Å². The van der Waals surface area contributed by atoms with E-state index in [4.69, 9.17) is 4.74 Å². The van der Waals surface area contributed by atoms with E-state index in [9.17, 15) is 27.9 Å². The lowest BCUT2D eigenvalue weighted by Gasteiger charge is -2.30. The summed E-state index contributed by atoms with van der Waals surface area (Å²) in [5.74, 6) is -1.03. The van der Waals surface area contributed by atoms with Crippen LogP contribution in [0.1, 0.15) is 42.6 Å². The van der Waals surface area contributed by atoms with Crippen LogP contribution >= 0.6 is 0 Å². The number of halogens is 3. The van der Waals surface area contributed by atoms with Crippen molar-refractivity contribution in [2.45, 2.75) is 38.9 Å². The average molecular weight is 361 g/mol. The molecule has 0 fully saturated rings. The number of hydrogen-bond donors (Lipinski definition) is 1. The molecular formula is C17H22F3NO4. The molecule has 1 aromatic carbocycles. The van der Waals surface area contributed by atoms with E-state index in [1.54, 1.807) is 13.8 Å². The van der Waals surface area contributed by atoms with Crippen LogP contribution in [0.25, 0.3) is 0 Å². The van der Waals surface area contributed by atoms with Crippen molar-refractivity contribution < 1.29 is 32.6 Å². The summed E-state index contributed by atoms with van der Waals surface area (Å²) in [7, 11) is 0. The number of aliphatic hydroxyl groups is 1. The molecule has 5 nitrogen and oxygen atoms in total. The molecule has 0 spiro atoms. The van der Waals surface area contributed by atoms with E-state index in [-0.39, 0.29) is 31.7 Å². The smallest absolute Gasteiger partial charge is 0.416 e. The molecule has 0 heterocycles. The van der Waals surface area contributed by atoms with Crippen molar-refractivity contribution in [2.75, 3.05) is 19.8 Å². The zero-order valence-corrected chi connectivity index (χ0v) is 14.2. The number of esters is 1. The molecular weight excluding hydrogens is 339 g/mol. The zero-order chi connectivity index (χ0) is 19.0. The zero-order valence-electron chi connectivity index (χ0n) is 14.2. The standard InChI is InChI=1S/C17H22F3NO4/c1-3-14(11-22)21(10-9-15(23)25-4-2)16(24)12-5-7-13(8-6-12)17(18,19)20/h5-8,14,22H,3-4,9-11H2,1-2H3. The van der Waals surface area contributed by atoms with Gasteiger partial charge in [-0.15, -0.1) is 0 Å². The van der Waals surface area contributed by atoms with E-state index in [1.807, 2.05) is 0 Å². The molecule has 0 radical (unpaired) electrons. The maximum Gasteiger partial charge on any atom is 0.416 e. The van der Waals surface area contributed by atoms with Crippen LogP contribution < -0.4 is 0 Å². The topological polar surface area (TPSA) is 66.8 Å². The third-order valence-electron chi connectivity index (χ3n) is 3.70. The van der Waals surface area contributed by atoms with Crippen molar-refractivity contribution in [3.8, 4) is 0 Å². The van der Waals surface area contributed by atoms with Crippen molar-refractivity contribution in [3.63, 3.8) is 0 Å². The van der Waals surface area contributed by atoms with Crippen molar-refractivity contribution in [1.82, 2.24) is 4.90 Å². The van der Waals surface area contributed by atoms with Crippen molar-refractivity contribution >= 4 is 11.9 Å². The van der Waals surface area contributed by atoms with Gasteiger partial charge >= 0.3 is 12.1 Å². The minimum absolute atomic E-state index is 0.0117. The summed E-state index contributed by atoms with van der Waals surface area (Å²) < 4.78 is 42.7. The Labute approximate surface area is 144 Å². The first-order valence-corrected chi connectivity index (χ1v) is 7.99. The van der Waals surface area contributed by atoms with Crippen LogP contribution in [-0.2, 0) is 15.7 Å². The first-order chi connectivity index (χ1) is 11.7. The van der Waals surface area contributed by atoms with E-state index in [1.165, 1.54) is 4.90 Å². The fraction of sp³-hybridized carbons (Fsp3) is 0.529. The molecule has 0 aromatic heterocycles. The van der Waals surface area contributed by atoms with E-state index >= 15 is 0 Å². The van der Waals surface area contributed by atoms with Gasteiger partial charge in [0.2, 0.25) is 0 Å². The predicted molar refractivity (Wildman–Crippen MR) is 84.9 cm³/mol. The number of benzene rings is 1. The molecule has 25 heavy (non-hydrogen) atoms. The van der Waals surface area contributed by atoms with Crippen LogP contribution in [0.4, 0.5) is 13.2 Å². The Balaban J connectivity index is 2.96. The van der Waals surface area contributed by atoms with Crippen LogP contribution in [-0.4, -0.2) is 47.7 Å². The lowest BCUT2D eigenvalue weighted by molar-refractivity contribution is -0.143. The highest BCUT2D eigenvalue weighted by Gasteiger charge is 2.31. The van der Waals surface area contributed by atoms with E-state index in [2.05, 4.69) is 0 Å². The fourth-order valence-electron chi connectivity index (χ4n) is 2.31. The first-order valence-electron chi connectivity index (χ1n) is 7.99. The molecule has 0 saturated heterocycles. The summed E-state index contributed by atoms with van der Waals surface area (Å²) >= 11 is 0. The van der Waals surface area contributed by atoms with E-state index < -0.39 is 29.7 Å². The average Bonchev–Trinajstić information content (AvgIpc) is 2.57. The quantitative estimate of drug-likeness (QED) is 0.723. The summed E-state index contributed by atoms with van der Waals surface area (Å²) in [6.45, 7) is 3.33. The van der Waals surface area contributed by atoms with E-state index in [0.29, 0.717) is 6.42 Å². The Morgan fingerprint density at radius 1 is 1.20 bits per heavy atom. The van der Waals surface area contributed by atoms with Gasteiger partial charge in [0.1, 0.15) is 0 Å². The summed E-state index contributed by atoms with van der Waals surface area (Å²) in [6.07, 6.45) is -4.11. The molecule has 1 rings (SSSR count). The summed E-state index contributed by atoms with van der Waals surface area (Å²) in [5.41, 5.74) is -0.792. The molecule has 0 aliphatic rings. The van der Waals surface area contributed by atoms with Crippen LogP contribution in [0, 0.1) is 0 Å². The van der Waals surface area contributed by atoms with Gasteiger partial charge in [-0.25, -0.2) is 0 Å². The van der Waals surface area contributed by atoms with E-state index in [0.717, 1.165) is 24.3 Å². The highest BCUT2D eigenvalue weighted by atomic mass is 19.4. The lowest BCUT2D eigenvalue weighted by atomic mass is 10.1. The van der Waals surface area contributed by atoms with Gasteiger partial charge < -0.3 is 14.7 Å². The Morgan fingerprint density at radius 3 is 2.24 bits per heavy atom. The highest BCUT2D eigenvalue weighted by molar-refractivity contribution is 5.94. The number of amides is 1. The lowest BCUT2D eigenvalue weighted by Crippen LogP contribution is -2.43. The number of hydrogen-bond acceptors (Lipinski definition) is 4. The largest absolute Gasteiger partial charge is 0.466 e. The molecule has 0 aliphatic carbocycles. The Morgan fingerprint density at radius 2 is 1.80 bits per heavy atom. The Bertz CT molecular complexity index is 568. The fourth-order valence-corrected chi connectivity index (χ4v) is 2.31. The van der Waals surface area contributed by atoms with Gasteiger partial charge in [0, 0.05) is 12.1 Å². The third kappa shape index (κ3) is 6.04. The van der Waals surface area contributed by atoms with Gasteiger partial charge in [-0.1, -0.05) is 6.92 Å². The molecule has 1 amide bonds. The number of ether oxygens (including phenoxy) is 1. The van der Waals surface area contributed by atoms with Gasteiger partial charge in [-0.2, -0.15) is 13.2 Å². The minimum Gasteiger partial charge on any atom is -0.466 e. The highest BCUT2D eigenvalue weighted by Crippen LogP contribution is 2.29. The monoisotopic (exact) mass is 361 g/mol. The molecule has 1 unspecified atom stereocenters. The molecule has 1 atom stereocenters. The molecule has 8 heteroatoms. The number of carbonyl (C=O) groups excluding carboxylic acids is 2. The van der Waals surface area contributed by atoms with Gasteiger partial charge in [0.05, 0.1) is 31.2 Å². The van der Waals surface area contributed by atoms with Gasteiger partial charge in [0.25, 0.3) is 5.91 Å². The first kappa shape index (κ1) is 21.0. The van der Waals surface area contributed by atoms with Crippen LogP contribution in [0.5, 0.6) is 0 Å². The number of rotatable bonds is 8. The molecule has 0 bridgehead atoms. The normalized spacial score (nSPS) is 12.6. The molecule has 1 N–H and O–H groups in total. The minimum atomic E-state index is -4.48.